The standard InChI is InChI=1S/C15H15ClN4OS/c1-8-10-12-13(22-15(10)19-9(2)11(8)16)14(18-7-17-12)20-3-5-21-6-4-20/h7H,3-6H2,1-2H3. The van der Waals surface area contributed by atoms with Crippen LogP contribution in [0.4, 0.5) is 5.82 Å². The Bertz CT molecular complexity index is 873. The summed E-state index contributed by atoms with van der Waals surface area (Å²) in [4.78, 5) is 16.9. The van der Waals surface area contributed by atoms with Crippen molar-refractivity contribution in [2.75, 3.05) is 31.2 Å². The third kappa shape index (κ3) is 2.06. The third-order valence-corrected chi connectivity index (χ3v) is 5.66. The number of nitrogens with zero attached hydrogens (tertiary/aromatic N) is 4. The van der Waals surface area contributed by atoms with Crippen LogP contribution < -0.4 is 4.90 Å². The van der Waals surface area contributed by atoms with Gasteiger partial charge < -0.3 is 9.64 Å². The summed E-state index contributed by atoms with van der Waals surface area (Å²) < 4.78 is 6.51. The Morgan fingerprint density at radius 3 is 2.77 bits per heavy atom. The van der Waals surface area contributed by atoms with Crippen molar-refractivity contribution >= 4 is 49.2 Å². The van der Waals surface area contributed by atoms with Crippen LogP contribution in [0.25, 0.3) is 20.4 Å². The number of hydrogen-bond acceptors (Lipinski definition) is 6. The fourth-order valence-electron chi connectivity index (χ4n) is 2.89. The highest BCUT2D eigenvalue weighted by atomic mass is 35.5. The summed E-state index contributed by atoms with van der Waals surface area (Å²) in [6.07, 6.45) is 1.63. The van der Waals surface area contributed by atoms with Crippen molar-refractivity contribution in [3.05, 3.63) is 22.6 Å². The first kappa shape index (κ1) is 14.1. The number of morpholine rings is 1. The van der Waals surface area contributed by atoms with Crippen LogP contribution in [0.5, 0.6) is 0 Å². The molecule has 3 aromatic rings. The lowest BCUT2D eigenvalue weighted by Crippen LogP contribution is -2.36. The first-order valence-corrected chi connectivity index (χ1v) is 8.39. The van der Waals surface area contributed by atoms with E-state index in [1.807, 2.05) is 13.8 Å². The lowest BCUT2D eigenvalue weighted by atomic mass is 10.1. The highest BCUT2D eigenvalue weighted by Crippen LogP contribution is 2.40. The molecule has 5 nitrogen and oxygen atoms in total. The summed E-state index contributed by atoms with van der Waals surface area (Å²) in [7, 11) is 0. The number of hydrogen-bond donors (Lipinski definition) is 0. The van der Waals surface area contributed by atoms with E-state index in [1.165, 1.54) is 0 Å². The van der Waals surface area contributed by atoms with E-state index in [4.69, 9.17) is 16.3 Å². The molecular weight excluding hydrogens is 320 g/mol. The molecule has 4 rings (SSSR count). The van der Waals surface area contributed by atoms with Crippen molar-refractivity contribution in [3.8, 4) is 0 Å². The molecule has 22 heavy (non-hydrogen) atoms. The van der Waals surface area contributed by atoms with Gasteiger partial charge >= 0.3 is 0 Å². The molecule has 114 valence electrons. The fourth-order valence-corrected chi connectivity index (χ4v) is 4.27. The van der Waals surface area contributed by atoms with Gasteiger partial charge in [0.05, 0.1) is 34.1 Å². The Hall–Kier alpha value is -1.50. The zero-order valence-corrected chi connectivity index (χ0v) is 14.0. The van der Waals surface area contributed by atoms with Crippen LogP contribution in [0.2, 0.25) is 5.02 Å². The maximum Gasteiger partial charge on any atom is 0.150 e. The topological polar surface area (TPSA) is 51.1 Å². The second-order valence-electron chi connectivity index (χ2n) is 5.39. The van der Waals surface area contributed by atoms with E-state index >= 15 is 0 Å². The molecular formula is C15H15ClN4OS. The van der Waals surface area contributed by atoms with Crippen LogP contribution >= 0.6 is 22.9 Å². The number of halogens is 1. The van der Waals surface area contributed by atoms with E-state index in [0.29, 0.717) is 0 Å². The Morgan fingerprint density at radius 1 is 1.23 bits per heavy atom. The van der Waals surface area contributed by atoms with E-state index in [9.17, 15) is 0 Å². The van der Waals surface area contributed by atoms with Gasteiger partial charge in [-0.2, -0.15) is 0 Å². The minimum atomic E-state index is 0.721. The van der Waals surface area contributed by atoms with E-state index in [1.54, 1.807) is 17.7 Å². The Kier molecular flexibility index (Phi) is 3.40. The maximum atomic E-state index is 6.37. The van der Waals surface area contributed by atoms with Crippen LogP contribution in [0.1, 0.15) is 11.3 Å². The summed E-state index contributed by atoms with van der Waals surface area (Å²) >= 11 is 8.02. The monoisotopic (exact) mass is 334 g/mol. The van der Waals surface area contributed by atoms with E-state index in [0.717, 1.165) is 68.8 Å². The summed E-state index contributed by atoms with van der Waals surface area (Å²) in [6, 6.07) is 0. The van der Waals surface area contributed by atoms with Gasteiger partial charge in [0.1, 0.15) is 17.0 Å². The molecule has 1 aliphatic heterocycles. The molecule has 4 heterocycles. The van der Waals surface area contributed by atoms with Crippen molar-refractivity contribution in [1.29, 1.82) is 0 Å². The average Bonchev–Trinajstić information content (AvgIpc) is 2.91. The quantitative estimate of drug-likeness (QED) is 0.683. The number of thiophene rings is 1. The number of ether oxygens (including phenoxy) is 1. The van der Waals surface area contributed by atoms with Crippen molar-refractivity contribution in [1.82, 2.24) is 15.0 Å². The zero-order valence-electron chi connectivity index (χ0n) is 12.4. The molecule has 0 N–H and O–H groups in total. The second-order valence-corrected chi connectivity index (χ2v) is 6.77. The molecule has 0 atom stereocenters. The molecule has 0 saturated carbocycles. The van der Waals surface area contributed by atoms with Crippen molar-refractivity contribution in [3.63, 3.8) is 0 Å². The second kappa shape index (κ2) is 5.30. The Balaban J connectivity index is 2.01. The summed E-state index contributed by atoms with van der Waals surface area (Å²) in [5.41, 5.74) is 2.85. The van der Waals surface area contributed by atoms with Crippen molar-refractivity contribution in [2.24, 2.45) is 0 Å². The molecule has 0 unspecified atom stereocenters. The number of pyridine rings is 1. The average molecular weight is 335 g/mol. The van der Waals surface area contributed by atoms with Gasteiger partial charge in [-0.3, -0.25) is 0 Å². The predicted molar refractivity (Wildman–Crippen MR) is 90.2 cm³/mol. The fraction of sp³-hybridized carbons (Fsp3) is 0.400. The molecule has 0 radical (unpaired) electrons. The number of aryl methyl sites for hydroxylation is 2. The summed E-state index contributed by atoms with van der Waals surface area (Å²) in [5.74, 6) is 0.976. The van der Waals surface area contributed by atoms with Crippen molar-refractivity contribution in [2.45, 2.75) is 13.8 Å². The first-order valence-electron chi connectivity index (χ1n) is 7.19. The van der Waals surface area contributed by atoms with Crippen LogP contribution in [0, 0.1) is 13.8 Å². The number of aromatic nitrogens is 3. The van der Waals surface area contributed by atoms with E-state index < -0.39 is 0 Å². The van der Waals surface area contributed by atoms with Gasteiger partial charge in [0.15, 0.2) is 0 Å². The SMILES string of the molecule is Cc1nc2sc3c(N4CCOCC4)ncnc3c2c(C)c1Cl. The molecule has 3 aromatic heterocycles. The van der Waals surface area contributed by atoms with Gasteiger partial charge in [-0.05, 0) is 19.4 Å². The Labute approximate surface area is 136 Å². The lowest BCUT2D eigenvalue weighted by molar-refractivity contribution is 0.122. The first-order chi connectivity index (χ1) is 10.7. The third-order valence-electron chi connectivity index (χ3n) is 4.04. The molecule has 0 aliphatic carbocycles. The number of rotatable bonds is 1. The van der Waals surface area contributed by atoms with E-state index in [2.05, 4.69) is 19.9 Å². The van der Waals surface area contributed by atoms with Gasteiger partial charge in [0, 0.05) is 18.5 Å². The van der Waals surface area contributed by atoms with Crippen LogP contribution in [-0.4, -0.2) is 41.3 Å². The zero-order chi connectivity index (χ0) is 15.3. The summed E-state index contributed by atoms with van der Waals surface area (Å²) in [5, 5.41) is 1.77. The van der Waals surface area contributed by atoms with Gasteiger partial charge in [0.25, 0.3) is 0 Å². The molecule has 1 aliphatic rings. The molecule has 1 saturated heterocycles. The summed E-state index contributed by atoms with van der Waals surface area (Å²) in [6.45, 7) is 7.14. The molecule has 7 heteroatoms. The van der Waals surface area contributed by atoms with Gasteiger partial charge in [-0.15, -0.1) is 11.3 Å². The Morgan fingerprint density at radius 2 is 2.00 bits per heavy atom. The van der Waals surface area contributed by atoms with Crippen LogP contribution in [-0.2, 0) is 4.74 Å². The normalized spacial score (nSPS) is 15.9. The number of anilines is 1. The predicted octanol–water partition coefficient (Wildman–Crippen LogP) is 3.35. The largest absolute Gasteiger partial charge is 0.378 e. The minimum absolute atomic E-state index is 0.721. The number of fused-ring (bicyclic) bond motifs is 3. The lowest BCUT2D eigenvalue weighted by Gasteiger charge is -2.27. The van der Waals surface area contributed by atoms with Gasteiger partial charge in [-0.1, -0.05) is 11.6 Å². The molecule has 0 bridgehead atoms. The minimum Gasteiger partial charge on any atom is -0.378 e. The molecule has 0 amide bonds. The van der Waals surface area contributed by atoms with Gasteiger partial charge in [0.2, 0.25) is 0 Å². The van der Waals surface area contributed by atoms with Crippen LogP contribution in [0.15, 0.2) is 6.33 Å². The van der Waals surface area contributed by atoms with Crippen LogP contribution in [0.3, 0.4) is 0 Å². The molecule has 1 fully saturated rings. The van der Waals surface area contributed by atoms with Crippen molar-refractivity contribution < 1.29 is 4.74 Å². The van der Waals surface area contributed by atoms with Gasteiger partial charge in [-0.25, -0.2) is 15.0 Å². The van der Waals surface area contributed by atoms with E-state index in [-0.39, 0.29) is 0 Å². The highest BCUT2D eigenvalue weighted by Gasteiger charge is 2.21. The molecule has 0 spiro atoms. The highest BCUT2D eigenvalue weighted by molar-refractivity contribution is 7.26. The molecule has 0 aromatic carbocycles. The maximum absolute atomic E-state index is 6.37. The smallest absolute Gasteiger partial charge is 0.150 e.